The Balaban J connectivity index is 1.48. The van der Waals surface area contributed by atoms with Gasteiger partial charge >= 0.3 is 11.9 Å². The lowest BCUT2D eigenvalue weighted by Gasteiger charge is -2.44. The maximum absolute atomic E-state index is 12.7. The average Bonchev–Trinajstić information content (AvgIpc) is 3.48. The van der Waals surface area contributed by atoms with Crippen LogP contribution in [-0.4, -0.2) is 32.1 Å². The van der Waals surface area contributed by atoms with Gasteiger partial charge in [0.1, 0.15) is 0 Å². The van der Waals surface area contributed by atoms with E-state index in [4.69, 9.17) is 9.97 Å². The third-order valence-electron chi connectivity index (χ3n) is 10.6. The molecule has 0 saturated carbocycles. The quantitative estimate of drug-likeness (QED) is 0.177. The molecule has 0 bridgehead atoms. The fourth-order valence-corrected chi connectivity index (χ4v) is 8.58. The molecular weight excluding hydrogens is 584 g/mol. The number of pyridine rings is 2. The number of hydrogen-bond donors (Lipinski definition) is 2. The molecule has 47 heavy (non-hydrogen) atoms. The molecule has 4 unspecified atom stereocenters. The molecule has 0 saturated heterocycles. The second kappa shape index (κ2) is 10.6. The second-order valence-corrected chi connectivity index (χ2v) is 13.5. The minimum atomic E-state index is -0.864. The van der Waals surface area contributed by atoms with Gasteiger partial charge in [-0.05, 0) is 65.8 Å². The molecule has 0 amide bonds. The van der Waals surface area contributed by atoms with Crippen LogP contribution in [0.1, 0.15) is 55.4 Å². The van der Waals surface area contributed by atoms with Crippen molar-refractivity contribution in [3.05, 3.63) is 131 Å². The average molecular weight is 619 g/mol. The van der Waals surface area contributed by atoms with Crippen LogP contribution in [0.5, 0.6) is 0 Å². The fourth-order valence-electron chi connectivity index (χ4n) is 8.58. The predicted molar refractivity (Wildman–Crippen MR) is 183 cm³/mol. The van der Waals surface area contributed by atoms with Crippen molar-refractivity contribution in [3.63, 3.8) is 0 Å². The molecule has 4 atom stereocenters. The summed E-state index contributed by atoms with van der Waals surface area (Å²) in [6, 6.07) is 36.9. The molecule has 2 aromatic heterocycles. The summed E-state index contributed by atoms with van der Waals surface area (Å²) in [4.78, 5) is 35.8. The van der Waals surface area contributed by atoms with E-state index in [1.165, 1.54) is 0 Å². The van der Waals surface area contributed by atoms with E-state index in [1.807, 2.05) is 60.7 Å². The number of carboxylic acids is 2. The van der Waals surface area contributed by atoms with Crippen LogP contribution >= 0.6 is 0 Å². The molecule has 4 aromatic carbocycles. The van der Waals surface area contributed by atoms with Crippen LogP contribution < -0.4 is 0 Å². The van der Waals surface area contributed by atoms with Crippen LogP contribution in [0.25, 0.3) is 44.3 Å². The van der Waals surface area contributed by atoms with Gasteiger partial charge in [0.15, 0.2) is 0 Å². The van der Waals surface area contributed by atoms with Crippen LogP contribution in [0, 0.1) is 11.8 Å². The number of aromatic nitrogens is 2. The highest BCUT2D eigenvalue weighted by Gasteiger charge is 2.55. The summed E-state index contributed by atoms with van der Waals surface area (Å²) in [5, 5.41) is 22.8. The second-order valence-electron chi connectivity index (χ2n) is 13.5. The van der Waals surface area contributed by atoms with Crippen molar-refractivity contribution in [1.82, 2.24) is 9.97 Å². The van der Waals surface area contributed by atoms with E-state index >= 15 is 0 Å². The van der Waals surface area contributed by atoms with Crippen molar-refractivity contribution in [2.75, 3.05) is 0 Å². The van der Waals surface area contributed by atoms with Gasteiger partial charge in [0.05, 0.1) is 34.3 Å². The zero-order chi connectivity index (χ0) is 32.5. The van der Waals surface area contributed by atoms with Crippen LogP contribution in [0.3, 0.4) is 0 Å². The minimum absolute atomic E-state index is 0.327. The van der Waals surface area contributed by atoms with Gasteiger partial charge in [-0.1, -0.05) is 98.8 Å². The van der Waals surface area contributed by atoms with E-state index in [-0.39, 0.29) is 0 Å². The molecule has 0 aliphatic heterocycles. The summed E-state index contributed by atoms with van der Waals surface area (Å²) in [5.74, 6) is -3.09. The summed E-state index contributed by atoms with van der Waals surface area (Å²) < 4.78 is 0. The Bertz CT molecular complexity index is 2100. The van der Waals surface area contributed by atoms with Crippen LogP contribution in [0.15, 0.2) is 109 Å². The molecule has 232 valence electrons. The maximum Gasteiger partial charge on any atom is 0.306 e. The van der Waals surface area contributed by atoms with Crippen molar-refractivity contribution >= 4 is 33.7 Å². The highest BCUT2D eigenvalue weighted by molar-refractivity contribution is 5.91. The van der Waals surface area contributed by atoms with Crippen LogP contribution in [0.2, 0.25) is 0 Å². The minimum Gasteiger partial charge on any atom is -0.481 e. The normalized spacial score (nSPS) is 20.3. The number of nitrogens with zero attached hydrogens (tertiary/aromatic N) is 2. The van der Waals surface area contributed by atoms with Gasteiger partial charge in [-0.2, -0.15) is 0 Å². The number of hydrogen-bond acceptors (Lipinski definition) is 4. The number of carboxylic acid groups (broad SMARTS) is 2. The Labute approximate surface area is 272 Å². The third-order valence-corrected chi connectivity index (χ3v) is 10.6. The lowest BCUT2D eigenvalue weighted by atomic mass is 9.58. The number of benzene rings is 4. The Morgan fingerprint density at radius 3 is 1.38 bits per heavy atom. The van der Waals surface area contributed by atoms with Gasteiger partial charge in [0, 0.05) is 32.7 Å². The number of fused-ring (bicyclic) bond motifs is 8. The number of aliphatic carboxylic acids is 2. The molecule has 0 fully saturated rings. The maximum atomic E-state index is 12.7. The van der Waals surface area contributed by atoms with E-state index in [9.17, 15) is 19.8 Å². The highest BCUT2D eigenvalue weighted by Crippen LogP contribution is 2.62. The monoisotopic (exact) mass is 618 g/mol. The number of rotatable bonds is 8. The fraction of sp³-hybridized carbons (Fsp3) is 0.220. The molecule has 2 heterocycles. The molecule has 2 N–H and O–H groups in total. The Morgan fingerprint density at radius 1 is 0.574 bits per heavy atom. The zero-order valence-corrected chi connectivity index (χ0v) is 26.3. The van der Waals surface area contributed by atoms with Crippen molar-refractivity contribution in [1.29, 1.82) is 0 Å². The first-order valence-corrected chi connectivity index (χ1v) is 16.2. The van der Waals surface area contributed by atoms with E-state index in [2.05, 4.69) is 48.5 Å². The Morgan fingerprint density at radius 2 is 0.957 bits per heavy atom. The van der Waals surface area contributed by atoms with Crippen LogP contribution in [-0.2, 0) is 20.4 Å². The molecule has 2 aliphatic carbocycles. The van der Waals surface area contributed by atoms with Crippen molar-refractivity contribution in [2.45, 2.75) is 43.9 Å². The summed E-state index contributed by atoms with van der Waals surface area (Å²) in [6.07, 6.45) is 1.12. The van der Waals surface area contributed by atoms with Gasteiger partial charge in [-0.15, -0.1) is 0 Å². The molecule has 6 heteroatoms. The number of carbonyl (C=O) groups is 2. The Hall–Kier alpha value is -5.36. The first-order valence-electron chi connectivity index (χ1n) is 16.2. The van der Waals surface area contributed by atoms with Crippen LogP contribution in [0.4, 0.5) is 0 Å². The summed E-state index contributed by atoms with van der Waals surface area (Å²) in [7, 11) is 0. The lowest BCUT2D eigenvalue weighted by Crippen LogP contribution is -2.41. The first-order chi connectivity index (χ1) is 22.7. The van der Waals surface area contributed by atoms with Gasteiger partial charge < -0.3 is 10.2 Å². The van der Waals surface area contributed by atoms with Gasteiger partial charge in [-0.3, -0.25) is 9.59 Å². The van der Waals surface area contributed by atoms with Crippen molar-refractivity contribution in [3.8, 4) is 22.5 Å². The zero-order valence-electron chi connectivity index (χ0n) is 26.3. The topological polar surface area (TPSA) is 100 Å². The molecule has 0 radical (unpaired) electrons. The van der Waals surface area contributed by atoms with E-state index < -0.39 is 34.6 Å². The summed E-state index contributed by atoms with van der Waals surface area (Å²) in [5.41, 5.74) is 7.95. The first kappa shape index (κ1) is 29.1. The SMILES string of the molecule is CC(CC1(CC2(CC(C)C(=O)O)c3ccccc3-c3nc4ccccc4cc32)c2ccccc2-c2nc3ccccc3cc21)C(=O)O. The van der Waals surface area contributed by atoms with Gasteiger partial charge in [-0.25, -0.2) is 9.97 Å². The van der Waals surface area contributed by atoms with Crippen molar-refractivity contribution in [2.24, 2.45) is 11.8 Å². The molecule has 6 nitrogen and oxygen atoms in total. The summed E-state index contributed by atoms with van der Waals surface area (Å²) >= 11 is 0. The predicted octanol–water partition coefficient (Wildman–Crippen LogP) is 8.63. The van der Waals surface area contributed by atoms with Gasteiger partial charge in [0.2, 0.25) is 0 Å². The summed E-state index contributed by atoms with van der Waals surface area (Å²) in [6.45, 7) is 3.55. The van der Waals surface area contributed by atoms with Gasteiger partial charge in [0.25, 0.3) is 0 Å². The molecular formula is C41H34N2O4. The molecule has 8 rings (SSSR count). The standard InChI is InChI=1S/C41H34N2O4/c1-24(38(44)45)21-40(30-15-7-5-13-28(30)36-32(40)19-26-11-3-9-17-34(26)42-36)23-41(22-25(2)39(46)47)31-16-8-6-14-29(31)37-33(41)20-27-12-4-10-18-35(27)43-37/h3-20,24-25H,21-23H2,1-2H3,(H,44,45)(H,46,47). The third kappa shape index (κ3) is 4.31. The highest BCUT2D eigenvalue weighted by atomic mass is 16.4. The van der Waals surface area contributed by atoms with E-state index in [0.717, 1.165) is 66.6 Å². The smallest absolute Gasteiger partial charge is 0.306 e. The largest absolute Gasteiger partial charge is 0.481 e. The van der Waals surface area contributed by atoms with E-state index in [0.29, 0.717) is 19.3 Å². The molecule has 2 aliphatic rings. The molecule has 6 aromatic rings. The lowest BCUT2D eigenvalue weighted by molar-refractivity contribution is -0.142. The van der Waals surface area contributed by atoms with Crippen molar-refractivity contribution < 1.29 is 19.8 Å². The molecule has 0 spiro atoms. The Kier molecular flexibility index (Phi) is 6.55. The van der Waals surface area contributed by atoms with E-state index in [1.54, 1.807) is 13.8 Å². The number of para-hydroxylation sites is 2.